The Morgan fingerprint density at radius 1 is 1.19 bits per heavy atom. The van der Waals surface area contributed by atoms with Crippen molar-refractivity contribution in [2.75, 3.05) is 13.2 Å². The van der Waals surface area contributed by atoms with Crippen molar-refractivity contribution in [3.05, 3.63) is 24.3 Å². The molecule has 0 radical (unpaired) electrons. The van der Waals surface area contributed by atoms with Crippen LogP contribution in [0, 0.1) is 0 Å². The highest BCUT2D eigenvalue weighted by Crippen LogP contribution is 2.40. The first-order chi connectivity index (χ1) is 12.8. The van der Waals surface area contributed by atoms with Gasteiger partial charge in [0.15, 0.2) is 0 Å². The number of rotatable bonds is 14. The van der Waals surface area contributed by atoms with Crippen LogP contribution in [0.1, 0.15) is 59.3 Å². The lowest BCUT2D eigenvalue weighted by Gasteiger charge is -2.23. The van der Waals surface area contributed by atoms with Crippen molar-refractivity contribution in [1.29, 1.82) is 0 Å². The number of nitrogens with one attached hydrogen (secondary N) is 1. The number of phosphoric ester groups is 1. The molecule has 8 heteroatoms. The van der Waals surface area contributed by atoms with Crippen molar-refractivity contribution in [2.24, 2.45) is 0 Å². The van der Waals surface area contributed by atoms with Crippen molar-refractivity contribution in [3.63, 3.8) is 0 Å². The molecule has 0 spiro atoms. The molecular weight excluding hydrogens is 369 g/mol. The fourth-order valence-electron chi connectivity index (χ4n) is 2.36. The summed E-state index contributed by atoms with van der Waals surface area (Å²) in [7, 11) is -4.52. The van der Waals surface area contributed by atoms with E-state index in [4.69, 9.17) is 13.8 Å². The molecule has 27 heavy (non-hydrogen) atoms. The Hall–Kier alpha value is -1.56. The van der Waals surface area contributed by atoms with Crippen LogP contribution in [-0.4, -0.2) is 25.2 Å². The maximum Gasteiger partial charge on any atom is 0.319 e. The predicted octanol–water partition coefficient (Wildman–Crippen LogP) is 3.81. The predicted molar refractivity (Wildman–Crippen MR) is 103 cm³/mol. The molecule has 0 heterocycles. The molecule has 1 amide bonds. The molecule has 0 aromatic heterocycles. The van der Waals surface area contributed by atoms with Gasteiger partial charge in [-0.1, -0.05) is 38.7 Å². The van der Waals surface area contributed by atoms with Gasteiger partial charge in [0.1, 0.15) is 11.5 Å². The number of carbonyl (C=O) groups is 1. The molecule has 1 atom stereocenters. The summed E-state index contributed by atoms with van der Waals surface area (Å²) in [4.78, 5) is 23.5. The second-order valence-corrected chi connectivity index (χ2v) is 7.86. The minimum absolute atomic E-state index is 0.0363. The number of ether oxygens (including phenoxy) is 1. The highest BCUT2D eigenvalue weighted by Gasteiger charge is 2.12. The summed E-state index contributed by atoms with van der Waals surface area (Å²) < 4.78 is 27.1. The molecule has 1 rings (SSSR count). The summed E-state index contributed by atoms with van der Waals surface area (Å²) in [5, 5.41) is 2.64. The van der Waals surface area contributed by atoms with Gasteiger partial charge in [-0.15, -0.1) is 0 Å². The van der Waals surface area contributed by atoms with E-state index in [1.54, 1.807) is 12.1 Å². The molecule has 1 aromatic rings. The molecule has 0 bridgehead atoms. The molecule has 154 valence electrons. The summed E-state index contributed by atoms with van der Waals surface area (Å²) in [6.07, 6.45) is 5.75. The lowest BCUT2D eigenvalue weighted by Crippen LogP contribution is -2.27. The molecule has 0 aliphatic carbocycles. The van der Waals surface area contributed by atoms with Crippen LogP contribution in [0.25, 0.3) is 0 Å². The lowest BCUT2D eigenvalue weighted by atomic mass is 10.1. The van der Waals surface area contributed by atoms with Gasteiger partial charge in [-0.2, -0.15) is 0 Å². The Labute approximate surface area is 162 Å². The molecule has 0 aliphatic heterocycles. The number of hydrogen-bond acceptors (Lipinski definition) is 6. The molecule has 1 N–H and O–H groups in total. The molecular formula is C19H31NO6P-. The molecule has 1 aromatic carbocycles. The van der Waals surface area contributed by atoms with Gasteiger partial charge in [-0.3, -0.25) is 9.36 Å². The third-order valence-corrected chi connectivity index (χ3v) is 4.51. The maximum atomic E-state index is 11.9. The fraction of sp³-hybridized carbons (Fsp3) is 0.632. The monoisotopic (exact) mass is 400 g/mol. The zero-order valence-corrected chi connectivity index (χ0v) is 17.3. The quantitative estimate of drug-likeness (QED) is 0.377. The molecule has 0 aliphatic rings. The van der Waals surface area contributed by atoms with Gasteiger partial charge in [0.05, 0.1) is 12.7 Å². The van der Waals surface area contributed by atoms with Crippen LogP contribution >= 0.6 is 7.82 Å². The van der Waals surface area contributed by atoms with E-state index in [1.165, 1.54) is 18.6 Å². The van der Waals surface area contributed by atoms with Crippen LogP contribution in [0.2, 0.25) is 0 Å². The average Bonchev–Trinajstić information content (AvgIpc) is 2.58. The topological polar surface area (TPSA) is 96.9 Å². The molecule has 0 saturated heterocycles. The summed E-state index contributed by atoms with van der Waals surface area (Å²) >= 11 is 0. The van der Waals surface area contributed by atoms with E-state index in [2.05, 4.69) is 12.2 Å². The van der Waals surface area contributed by atoms with Gasteiger partial charge in [0.2, 0.25) is 5.91 Å². The number of amides is 1. The van der Waals surface area contributed by atoms with Crippen LogP contribution in [0.4, 0.5) is 0 Å². The number of hydrogen-bond donors (Lipinski definition) is 1. The van der Waals surface area contributed by atoms with Gasteiger partial charge >= 0.3 is 7.82 Å². The van der Waals surface area contributed by atoms with Crippen molar-refractivity contribution >= 4 is 13.7 Å². The van der Waals surface area contributed by atoms with Crippen LogP contribution in [0.15, 0.2) is 24.3 Å². The summed E-state index contributed by atoms with van der Waals surface area (Å²) in [5.41, 5.74) is 0. The lowest BCUT2D eigenvalue weighted by molar-refractivity contribution is -0.216. The minimum Gasteiger partial charge on any atom is -0.746 e. The van der Waals surface area contributed by atoms with E-state index in [0.717, 1.165) is 25.7 Å². The first-order valence-corrected chi connectivity index (χ1v) is 11.0. The Balaban J connectivity index is 2.27. The minimum atomic E-state index is -4.52. The van der Waals surface area contributed by atoms with Gasteiger partial charge in [0, 0.05) is 19.0 Å². The summed E-state index contributed by atoms with van der Waals surface area (Å²) in [6, 6.07) is 6.32. The largest absolute Gasteiger partial charge is 0.746 e. The van der Waals surface area contributed by atoms with Crippen LogP contribution < -0.4 is 19.5 Å². The molecule has 0 fully saturated rings. The van der Waals surface area contributed by atoms with E-state index >= 15 is 0 Å². The van der Waals surface area contributed by atoms with E-state index in [0.29, 0.717) is 12.2 Å². The normalized spacial score (nSPS) is 13.2. The third kappa shape index (κ3) is 11.7. The Bertz CT molecular complexity index is 608. The van der Waals surface area contributed by atoms with Crippen LogP contribution in [0.5, 0.6) is 11.5 Å². The van der Waals surface area contributed by atoms with Gasteiger partial charge < -0.3 is 24.0 Å². The van der Waals surface area contributed by atoms with Crippen molar-refractivity contribution < 1.29 is 28.0 Å². The van der Waals surface area contributed by atoms with Crippen molar-refractivity contribution in [1.82, 2.24) is 5.32 Å². The number of phosphoric acid groups is 1. The Kier molecular flexibility index (Phi) is 11.1. The fourth-order valence-corrected chi connectivity index (χ4v) is 3.10. The Morgan fingerprint density at radius 2 is 1.89 bits per heavy atom. The molecule has 0 saturated carbocycles. The second-order valence-electron chi connectivity index (χ2n) is 6.53. The van der Waals surface area contributed by atoms with Crippen LogP contribution in [-0.2, 0) is 13.9 Å². The first-order valence-electron chi connectivity index (χ1n) is 9.51. The smallest absolute Gasteiger partial charge is 0.319 e. The SMILES string of the molecule is CCCCCCCC(=O)NCCOP(=O)([O-])Oc1cccc(OC(C)C)c1. The van der Waals surface area contributed by atoms with Gasteiger partial charge in [-0.25, -0.2) is 0 Å². The first kappa shape index (κ1) is 23.5. The highest BCUT2D eigenvalue weighted by molar-refractivity contribution is 7.46. The van der Waals surface area contributed by atoms with Crippen molar-refractivity contribution in [2.45, 2.75) is 65.4 Å². The molecule has 1 unspecified atom stereocenters. The zero-order chi connectivity index (χ0) is 20.1. The number of unbranched alkanes of at least 4 members (excludes halogenated alkanes) is 4. The Morgan fingerprint density at radius 3 is 2.59 bits per heavy atom. The molecule has 7 nitrogen and oxygen atoms in total. The number of benzene rings is 1. The second kappa shape index (κ2) is 12.8. The summed E-state index contributed by atoms with van der Waals surface area (Å²) in [5.74, 6) is 0.520. The van der Waals surface area contributed by atoms with E-state index < -0.39 is 7.82 Å². The van der Waals surface area contributed by atoms with Gasteiger partial charge in [0.25, 0.3) is 0 Å². The standard InChI is InChI=1S/C19H32NO6P/c1-4-5-6-7-8-12-19(21)20-13-14-24-27(22,23)26-18-11-9-10-17(15-18)25-16(2)3/h9-11,15-16H,4-8,12-14H2,1-3H3,(H,20,21)(H,22,23)/p-1. The highest BCUT2D eigenvalue weighted by atomic mass is 31.2. The zero-order valence-electron chi connectivity index (χ0n) is 16.4. The number of carbonyl (C=O) groups excluding carboxylic acids is 1. The van der Waals surface area contributed by atoms with Crippen LogP contribution in [0.3, 0.4) is 0 Å². The average molecular weight is 400 g/mol. The van der Waals surface area contributed by atoms with Gasteiger partial charge in [-0.05, 0) is 32.4 Å². The summed E-state index contributed by atoms with van der Waals surface area (Å²) in [6.45, 7) is 5.81. The van der Waals surface area contributed by atoms with E-state index in [9.17, 15) is 14.3 Å². The van der Waals surface area contributed by atoms with Crippen molar-refractivity contribution in [3.8, 4) is 11.5 Å². The van der Waals surface area contributed by atoms with E-state index in [1.807, 2.05) is 13.8 Å². The maximum absolute atomic E-state index is 11.9. The van der Waals surface area contributed by atoms with E-state index in [-0.39, 0.29) is 30.9 Å². The third-order valence-electron chi connectivity index (χ3n) is 3.58.